The van der Waals surface area contributed by atoms with Crippen LogP contribution in [0, 0.1) is 0 Å². The minimum atomic E-state index is -0.968. The van der Waals surface area contributed by atoms with Gasteiger partial charge in [0.25, 0.3) is 0 Å². The predicted octanol–water partition coefficient (Wildman–Crippen LogP) is 3.97. The Labute approximate surface area is 179 Å². The zero-order valence-corrected chi connectivity index (χ0v) is 17.7. The predicted molar refractivity (Wildman–Crippen MR) is 118 cm³/mol. The van der Waals surface area contributed by atoms with Gasteiger partial charge >= 0.3 is 0 Å². The zero-order chi connectivity index (χ0) is 20.9. The Kier molecular flexibility index (Phi) is 6.49. The van der Waals surface area contributed by atoms with Crippen LogP contribution in [0.2, 0.25) is 0 Å². The number of benzene rings is 3. The van der Waals surface area contributed by atoms with Gasteiger partial charge in [-0.3, -0.25) is 9.59 Å². The molecule has 2 amide bonds. The quantitative estimate of drug-likeness (QED) is 0.571. The first-order valence-electron chi connectivity index (χ1n) is 9.37. The highest BCUT2D eigenvalue weighted by molar-refractivity contribution is 9.10. The number of primary amides is 1. The molecule has 3 aromatic carbocycles. The topological polar surface area (TPSA) is 72.2 Å². The van der Waals surface area contributed by atoms with Crippen LogP contribution < -0.4 is 11.1 Å². The standard InChI is InChI=1S/C24H23BrN2O2/c1-24(18-11-4-2-5-12-18,19-13-6-3-7-14-19)23(29)27-21(22(26)28)16-17-10-8-9-15-20(17)25/h2-15,21H,16H2,1H3,(H2,26,28)(H,27,29)/t21-/m0/s1. The number of nitrogens with two attached hydrogens (primary N) is 1. The minimum Gasteiger partial charge on any atom is -0.368 e. The number of hydrogen-bond acceptors (Lipinski definition) is 2. The lowest BCUT2D eigenvalue weighted by Crippen LogP contribution is -2.52. The molecule has 4 nitrogen and oxygen atoms in total. The number of amides is 2. The molecule has 29 heavy (non-hydrogen) atoms. The summed E-state index contributed by atoms with van der Waals surface area (Å²) in [4.78, 5) is 25.7. The van der Waals surface area contributed by atoms with Crippen molar-refractivity contribution in [1.82, 2.24) is 5.32 Å². The molecular weight excluding hydrogens is 428 g/mol. The Hall–Kier alpha value is -2.92. The number of hydrogen-bond donors (Lipinski definition) is 2. The molecule has 0 unspecified atom stereocenters. The van der Waals surface area contributed by atoms with E-state index in [1.54, 1.807) is 0 Å². The van der Waals surface area contributed by atoms with E-state index in [-0.39, 0.29) is 5.91 Å². The van der Waals surface area contributed by atoms with Gasteiger partial charge in [0.15, 0.2) is 0 Å². The third kappa shape index (κ3) is 4.57. The highest BCUT2D eigenvalue weighted by atomic mass is 79.9. The lowest BCUT2D eigenvalue weighted by molar-refractivity contribution is -0.129. The molecule has 0 saturated heterocycles. The molecule has 3 rings (SSSR count). The molecule has 0 saturated carbocycles. The molecule has 0 aliphatic rings. The molecule has 3 aromatic rings. The maximum atomic E-state index is 13.5. The fraction of sp³-hybridized carbons (Fsp3) is 0.167. The van der Waals surface area contributed by atoms with Gasteiger partial charge in [-0.25, -0.2) is 0 Å². The molecule has 0 fully saturated rings. The van der Waals surface area contributed by atoms with Crippen LogP contribution in [0.3, 0.4) is 0 Å². The normalized spacial score (nSPS) is 12.2. The molecular formula is C24H23BrN2O2. The van der Waals surface area contributed by atoms with Gasteiger partial charge in [-0.1, -0.05) is 94.8 Å². The molecule has 0 radical (unpaired) electrons. The summed E-state index contributed by atoms with van der Waals surface area (Å²) >= 11 is 3.49. The fourth-order valence-electron chi connectivity index (χ4n) is 3.38. The first kappa shape index (κ1) is 20.8. The molecule has 3 N–H and O–H groups in total. The van der Waals surface area contributed by atoms with Crippen molar-refractivity contribution in [3.8, 4) is 0 Å². The average molecular weight is 451 g/mol. The van der Waals surface area contributed by atoms with Crippen molar-refractivity contribution in [3.63, 3.8) is 0 Å². The number of carbonyl (C=O) groups excluding carboxylic acids is 2. The van der Waals surface area contributed by atoms with Gasteiger partial charge in [-0.05, 0) is 29.7 Å². The van der Waals surface area contributed by atoms with Gasteiger partial charge in [-0.2, -0.15) is 0 Å². The van der Waals surface area contributed by atoms with Crippen LogP contribution in [0.5, 0.6) is 0 Å². The van der Waals surface area contributed by atoms with E-state index >= 15 is 0 Å². The highest BCUT2D eigenvalue weighted by Crippen LogP contribution is 2.32. The van der Waals surface area contributed by atoms with Gasteiger partial charge in [0.1, 0.15) is 6.04 Å². The van der Waals surface area contributed by atoms with Crippen molar-refractivity contribution in [2.24, 2.45) is 5.73 Å². The van der Waals surface area contributed by atoms with Crippen molar-refractivity contribution in [2.75, 3.05) is 0 Å². The third-order valence-corrected chi connectivity index (χ3v) is 5.96. The lowest BCUT2D eigenvalue weighted by atomic mass is 9.75. The van der Waals surface area contributed by atoms with Crippen molar-refractivity contribution in [3.05, 3.63) is 106 Å². The van der Waals surface area contributed by atoms with Crippen LogP contribution in [0.15, 0.2) is 89.4 Å². The summed E-state index contributed by atoms with van der Waals surface area (Å²) in [5, 5.41) is 2.90. The van der Waals surface area contributed by atoms with E-state index < -0.39 is 17.4 Å². The van der Waals surface area contributed by atoms with Crippen LogP contribution in [0.25, 0.3) is 0 Å². The van der Waals surface area contributed by atoms with Crippen molar-refractivity contribution < 1.29 is 9.59 Å². The number of rotatable bonds is 7. The van der Waals surface area contributed by atoms with Gasteiger partial charge in [0.2, 0.25) is 11.8 Å². The fourth-order valence-corrected chi connectivity index (χ4v) is 3.83. The Balaban J connectivity index is 1.95. The van der Waals surface area contributed by atoms with E-state index in [4.69, 9.17) is 5.73 Å². The molecule has 0 aromatic heterocycles. The summed E-state index contributed by atoms with van der Waals surface area (Å²) in [7, 11) is 0. The number of carbonyl (C=O) groups is 2. The van der Waals surface area contributed by atoms with Crippen LogP contribution >= 0.6 is 15.9 Å². The average Bonchev–Trinajstić information content (AvgIpc) is 2.75. The highest BCUT2D eigenvalue weighted by Gasteiger charge is 2.38. The van der Waals surface area contributed by atoms with E-state index in [9.17, 15) is 9.59 Å². The monoisotopic (exact) mass is 450 g/mol. The number of halogens is 1. The second-order valence-electron chi connectivity index (χ2n) is 7.08. The van der Waals surface area contributed by atoms with Crippen molar-refractivity contribution in [1.29, 1.82) is 0 Å². The Morgan fingerprint density at radius 3 is 1.86 bits per heavy atom. The summed E-state index contributed by atoms with van der Waals surface area (Å²) in [6.45, 7) is 1.86. The van der Waals surface area contributed by atoms with E-state index in [0.717, 1.165) is 21.2 Å². The first-order valence-corrected chi connectivity index (χ1v) is 10.2. The summed E-state index contributed by atoms with van der Waals surface area (Å²) in [6.07, 6.45) is 0.308. The van der Waals surface area contributed by atoms with E-state index in [2.05, 4.69) is 21.2 Å². The van der Waals surface area contributed by atoms with Crippen molar-refractivity contribution in [2.45, 2.75) is 24.8 Å². The molecule has 0 bridgehead atoms. The minimum absolute atomic E-state index is 0.272. The van der Waals surface area contributed by atoms with Crippen LogP contribution in [-0.2, 0) is 21.4 Å². The summed E-state index contributed by atoms with van der Waals surface area (Å²) in [6, 6.07) is 25.8. The molecule has 0 aliphatic heterocycles. The maximum absolute atomic E-state index is 13.5. The molecule has 0 aliphatic carbocycles. The van der Waals surface area contributed by atoms with Gasteiger partial charge in [0.05, 0.1) is 5.41 Å². The van der Waals surface area contributed by atoms with Crippen LogP contribution in [0.4, 0.5) is 0 Å². The molecule has 5 heteroatoms. The second-order valence-corrected chi connectivity index (χ2v) is 7.94. The Morgan fingerprint density at radius 1 is 0.897 bits per heavy atom. The van der Waals surface area contributed by atoms with Gasteiger partial charge in [0, 0.05) is 10.9 Å². The zero-order valence-electron chi connectivity index (χ0n) is 16.1. The van der Waals surface area contributed by atoms with E-state index in [1.165, 1.54) is 0 Å². The Morgan fingerprint density at radius 2 is 1.38 bits per heavy atom. The first-order chi connectivity index (χ1) is 13.9. The van der Waals surface area contributed by atoms with Gasteiger partial charge in [-0.15, -0.1) is 0 Å². The Bertz CT molecular complexity index is 951. The third-order valence-electron chi connectivity index (χ3n) is 5.19. The largest absolute Gasteiger partial charge is 0.368 e. The molecule has 0 heterocycles. The molecule has 1 atom stereocenters. The second kappa shape index (κ2) is 9.05. The van der Waals surface area contributed by atoms with Gasteiger partial charge < -0.3 is 11.1 Å². The summed E-state index contributed by atoms with van der Waals surface area (Å²) in [5.74, 6) is -0.844. The van der Waals surface area contributed by atoms with Crippen molar-refractivity contribution >= 4 is 27.7 Å². The maximum Gasteiger partial charge on any atom is 0.240 e. The summed E-state index contributed by atoms with van der Waals surface area (Å²) < 4.78 is 0.870. The lowest BCUT2D eigenvalue weighted by Gasteiger charge is -2.31. The molecule has 0 spiro atoms. The van der Waals surface area contributed by atoms with Crippen LogP contribution in [0.1, 0.15) is 23.6 Å². The summed E-state index contributed by atoms with van der Waals surface area (Å²) in [5.41, 5.74) is 7.25. The van der Waals surface area contributed by atoms with Crippen LogP contribution in [-0.4, -0.2) is 17.9 Å². The number of nitrogens with one attached hydrogen (secondary N) is 1. The molecule has 148 valence electrons. The SMILES string of the molecule is CC(C(=O)N[C@@H](Cc1ccccc1Br)C(N)=O)(c1ccccc1)c1ccccc1. The smallest absolute Gasteiger partial charge is 0.240 e. The van der Waals surface area contributed by atoms with E-state index in [1.807, 2.05) is 91.9 Å². The van der Waals surface area contributed by atoms with E-state index in [0.29, 0.717) is 6.42 Å².